The van der Waals surface area contributed by atoms with Gasteiger partial charge in [0.05, 0.1) is 6.54 Å². The molecule has 2 heterocycles. The summed E-state index contributed by atoms with van der Waals surface area (Å²) in [5.41, 5.74) is 0.929. The Morgan fingerprint density at radius 2 is 1.93 bits per heavy atom. The molecule has 2 aromatic heterocycles. The average Bonchev–Trinajstić information content (AvgIpc) is 3.10. The Bertz CT molecular complexity index is 1050. The zero-order valence-electron chi connectivity index (χ0n) is 15.7. The van der Waals surface area contributed by atoms with E-state index in [0.717, 1.165) is 32.1 Å². The van der Waals surface area contributed by atoms with Gasteiger partial charge in [-0.15, -0.1) is 0 Å². The number of halogens is 1. The number of benzene rings is 1. The molecule has 7 nitrogen and oxygen atoms in total. The van der Waals surface area contributed by atoms with E-state index in [0.29, 0.717) is 17.2 Å². The number of rotatable bonds is 4. The first-order chi connectivity index (χ1) is 13.5. The molecule has 146 valence electrons. The Morgan fingerprint density at radius 3 is 2.64 bits per heavy atom. The lowest BCUT2D eigenvalue weighted by atomic mass is 9.88. The third-order valence-electron chi connectivity index (χ3n) is 5.17. The summed E-state index contributed by atoms with van der Waals surface area (Å²) in [5.74, 6) is 0.311. The van der Waals surface area contributed by atoms with Gasteiger partial charge < -0.3 is 4.90 Å². The molecule has 1 saturated carbocycles. The number of nitrogens with one attached hydrogen (secondary N) is 1. The number of aryl methyl sites for hydroxylation is 1. The number of hydrogen-bond donors (Lipinski definition) is 1. The van der Waals surface area contributed by atoms with Crippen LogP contribution >= 0.6 is 0 Å². The summed E-state index contributed by atoms with van der Waals surface area (Å²) < 4.78 is 14.6. The van der Waals surface area contributed by atoms with E-state index >= 15 is 0 Å². The van der Waals surface area contributed by atoms with Gasteiger partial charge in [0.25, 0.3) is 11.3 Å². The second-order valence-electron chi connectivity index (χ2n) is 7.28. The monoisotopic (exact) mass is 383 g/mol. The summed E-state index contributed by atoms with van der Waals surface area (Å²) in [7, 11) is 0. The molecule has 0 unspecified atom stereocenters. The molecule has 1 aliphatic carbocycles. The van der Waals surface area contributed by atoms with Crippen molar-refractivity contribution >= 4 is 17.4 Å². The second kappa shape index (κ2) is 7.53. The molecule has 0 spiro atoms. The van der Waals surface area contributed by atoms with E-state index in [1.165, 1.54) is 22.7 Å². The third-order valence-corrected chi connectivity index (χ3v) is 5.17. The van der Waals surface area contributed by atoms with Gasteiger partial charge in [0.2, 0.25) is 5.91 Å². The number of amides is 1. The van der Waals surface area contributed by atoms with Crippen molar-refractivity contribution in [3.05, 3.63) is 58.0 Å². The minimum Gasteiger partial charge on any atom is -0.305 e. The molecule has 1 aromatic carbocycles. The highest BCUT2D eigenvalue weighted by Gasteiger charge is 2.28. The highest BCUT2D eigenvalue weighted by atomic mass is 19.1. The fourth-order valence-corrected chi connectivity index (χ4v) is 3.74. The van der Waals surface area contributed by atoms with Crippen molar-refractivity contribution in [1.29, 1.82) is 0 Å². The first kappa shape index (κ1) is 18.3. The van der Waals surface area contributed by atoms with Crippen molar-refractivity contribution in [2.75, 3.05) is 4.90 Å². The summed E-state index contributed by atoms with van der Waals surface area (Å²) in [4.78, 5) is 35.6. The molecule has 1 amide bonds. The predicted octanol–water partition coefficient (Wildman–Crippen LogP) is 2.98. The van der Waals surface area contributed by atoms with Crippen LogP contribution in [0.15, 0.2) is 35.1 Å². The van der Waals surface area contributed by atoms with Crippen LogP contribution in [0.1, 0.15) is 43.6 Å². The maximum absolute atomic E-state index is 13.4. The summed E-state index contributed by atoms with van der Waals surface area (Å²) in [6, 6.07) is 7.27. The second-order valence-corrected chi connectivity index (χ2v) is 7.28. The van der Waals surface area contributed by atoms with Crippen LogP contribution in [0.5, 0.6) is 0 Å². The van der Waals surface area contributed by atoms with Crippen molar-refractivity contribution in [2.45, 2.75) is 45.6 Å². The van der Waals surface area contributed by atoms with E-state index in [1.807, 2.05) is 0 Å². The van der Waals surface area contributed by atoms with E-state index in [4.69, 9.17) is 0 Å². The highest BCUT2D eigenvalue weighted by molar-refractivity contribution is 5.94. The van der Waals surface area contributed by atoms with Crippen LogP contribution in [-0.4, -0.2) is 25.5 Å². The van der Waals surface area contributed by atoms with E-state index in [2.05, 4.69) is 15.1 Å². The maximum Gasteiger partial charge on any atom is 0.274 e. The summed E-state index contributed by atoms with van der Waals surface area (Å²) in [6.45, 7) is 1.88. The molecular formula is C20H22FN5O2. The number of carbonyl (C=O) groups is 1. The minimum absolute atomic E-state index is 0.00301. The average molecular weight is 383 g/mol. The summed E-state index contributed by atoms with van der Waals surface area (Å²) in [6.07, 6.45) is 4.94. The van der Waals surface area contributed by atoms with Crippen LogP contribution in [0.25, 0.3) is 5.78 Å². The molecule has 8 heteroatoms. The lowest BCUT2D eigenvalue weighted by Gasteiger charge is -2.28. The Balaban J connectivity index is 1.68. The lowest BCUT2D eigenvalue weighted by molar-refractivity contribution is -0.123. The Labute approximate surface area is 161 Å². The van der Waals surface area contributed by atoms with E-state index in [1.54, 1.807) is 24.0 Å². The normalized spacial score (nSPS) is 15.1. The molecular weight excluding hydrogens is 361 g/mol. The molecule has 0 bridgehead atoms. The molecule has 28 heavy (non-hydrogen) atoms. The Kier molecular flexibility index (Phi) is 4.93. The quantitative estimate of drug-likeness (QED) is 0.751. The number of carbonyl (C=O) groups excluding carboxylic acids is 1. The molecule has 0 atom stereocenters. The van der Waals surface area contributed by atoms with Crippen LogP contribution in [0.3, 0.4) is 0 Å². The van der Waals surface area contributed by atoms with Gasteiger partial charge in [-0.1, -0.05) is 19.3 Å². The number of fused-ring (bicyclic) bond motifs is 1. The first-order valence-corrected chi connectivity index (χ1v) is 9.53. The Hall–Kier alpha value is -3.03. The number of H-pyrrole nitrogens is 1. The molecule has 3 aromatic rings. The summed E-state index contributed by atoms with van der Waals surface area (Å²) in [5, 5.41) is 2.92. The highest BCUT2D eigenvalue weighted by Crippen LogP contribution is 2.28. The Morgan fingerprint density at radius 1 is 1.21 bits per heavy atom. The van der Waals surface area contributed by atoms with Crippen molar-refractivity contribution in [1.82, 2.24) is 19.6 Å². The number of hydrogen-bond acceptors (Lipinski definition) is 4. The predicted molar refractivity (Wildman–Crippen MR) is 103 cm³/mol. The molecule has 1 aliphatic rings. The van der Waals surface area contributed by atoms with Gasteiger partial charge in [0.1, 0.15) is 11.6 Å². The maximum atomic E-state index is 13.4. The minimum atomic E-state index is -0.358. The fraction of sp³-hybridized carbons (Fsp3) is 0.400. The zero-order chi connectivity index (χ0) is 19.7. The third kappa shape index (κ3) is 3.67. The van der Waals surface area contributed by atoms with Crippen molar-refractivity contribution in [2.24, 2.45) is 5.92 Å². The van der Waals surface area contributed by atoms with E-state index < -0.39 is 0 Å². The summed E-state index contributed by atoms with van der Waals surface area (Å²) >= 11 is 0. The molecule has 0 radical (unpaired) electrons. The molecule has 0 aliphatic heterocycles. The first-order valence-electron chi connectivity index (χ1n) is 9.53. The largest absolute Gasteiger partial charge is 0.305 e. The van der Waals surface area contributed by atoms with Crippen LogP contribution < -0.4 is 10.5 Å². The van der Waals surface area contributed by atoms with Crippen molar-refractivity contribution in [3.63, 3.8) is 0 Å². The van der Waals surface area contributed by atoms with Gasteiger partial charge in [0.15, 0.2) is 0 Å². The van der Waals surface area contributed by atoms with Crippen LogP contribution in [0.2, 0.25) is 0 Å². The van der Waals surface area contributed by atoms with Crippen LogP contribution in [0, 0.1) is 18.7 Å². The topological polar surface area (TPSA) is 83.4 Å². The molecule has 4 rings (SSSR count). The molecule has 1 N–H and O–H groups in total. The van der Waals surface area contributed by atoms with E-state index in [-0.39, 0.29) is 35.5 Å². The van der Waals surface area contributed by atoms with Gasteiger partial charge >= 0.3 is 0 Å². The molecule has 0 saturated heterocycles. The van der Waals surface area contributed by atoms with Crippen molar-refractivity contribution < 1.29 is 9.18 Å². The number of anilines is 1. The number of aromatic amines is 1. The molecule has 1 fully saturated rings. The standard InChI is InChI=1S/C20H22FN5O2/c1-13-11-18(27)26-20(22-13)23-17(24-26)12-25(16-9-7-15(21)8-10-16)19(28)14-5-3-2-4-6-14/h7-11,14H,2-6,12H2,1H3,(H,22,23,24). The smallest absolute Gasteiger partial charge is 0.274 e. The van der Waals surface area contributed by atoms with Crippen LogP contribution in [-0.2, 0) is 11.3 Å². The SMILES string of the molecule is Cc1cc(=O)n2[nH]c(CN(C(=O)C3CCCCC3)c3ccc(F)cc3)nc2n1. The van der Waals surface area contributed by atoms with Gasteiger partial charge in [-0.25, -0.2) is 9.37 Å². The van der Waals surface area contributed by atoms with E-state index in [9.17, 15) is 14.0 Å². The lowest BCUT2D eigenvalue weighted by Crippen LogP contribution is -2.37. The zero-order valence-corrected chi connectivity index (χ0v) is 15.7. The van der Waals surface area contributed by atoms with Gasteiger partial charge in [0, 0.05) is 23.4 Å². The van der Waals surface area contributed by atoms with Crippen LogP contribution in [0.4, 0.5) is 10.1 Å². The van der Waals surface area contributed by atoms with Gasteiger partial charge in [-0.05, 0) is 44.0 Å². The van der Waals surface area contributed by atoms with Gasteiger partial charge in [-0.2, -0.15) is 9.50 Å². The van der Waals surface area contributed by atoms with Crippen molar-refractivity contribution in [3.8, 4) is 0 Å². The number of nitrogens with zero attached hydrogens (tertiary/aromatic N) is 4. The number of aromatic nitrogens is 4. The fourth-order valence-electron chi connectivity index (χ4n) is 3.74. The van der Waals surface area contributed by atoms with Gasteiger partial charge in [-0.3, -0.25) is 14.7 Å².